The standard InChI is InChI=1S/C21H23N2.C19H20N3.C18H17N2O.C18H17N2S.C10H13N4.13C2H6/c1-12-8-7-9-17-18(12)21-22(6)10-11-23(21)20-16(5)14(3)13(2)15(4)19(17)20;1-13-11-18-16(14-7-5-6-8-17(14)22(18)4)12-15(13)19-20(2)9-10-21(19)3;2*1-12-10-17-15(13-6-4-5-7-16(13)21-17)11-14(12)18-19(2)8-9-20(18)3;1-8-6-11-7-12-9(8)10-13(2)4-5-14(10)3;13*1-2/h7-11H,1-6H3;5-12H,1-4H3;2*4-11H,1-3H3;4-7H,1-3H3;13*1-2H3/q5*+1;;;;;;;;;;;;;. The Kier molecular flexibility index (Phi) is 51.4. The molecule has 0 saturated carbocycles. The first-order chi connectivity index (χ1) is 61.5. The zero-order valence-corrected chi connectivity index (χ0v) is 88.5. The summed E-state index contributed by atoms with van der Waals surface area (Å²) >= 11 is 1.88. The number of aromatic nitrogens is 13. The van der Waals surface area contributed by atoms with Crippen molar-refractivity contribution in [2.45, 2.75) is 242 Å². The Morgan fingerprint density at radius 2 is 0.717 bits per heavy atom. The summed E-state index contributed by atoms with van der Waals surface area (Å²) in [6.07, 6.45) is 24.3. The molecule has 0 aliphatic rings. The zero-order chi connectivity index (χ0) is 97.1. The molecule has 0 saturated heterocycles. The van der Waals surface area contributed by atoms with Crippen LogP contribution in [0, 0.1) is 62.3 Å². The highest BCUT2D eigenvalue weighted by Crippen LogP contribution is 2.41. The number of benzene rings is 8. The first kappa shape index (κ1) is 114. The minimum absolute atomic E-state index is 0.945. The fourth-order valence-corrected chi connectivity index (χ4v) is 16.5. The van der Waals surface area contributed by atoms with Crippen molar-refractivity contribution >= 4 is 103 Å². The van der Waals surface area contributed by atoms with Crippen molar-refractivity contribution in [3.8, 4) is 45.7 Å². The predicted molar refractivity (Wildman–Crippen MR) is 562 cm³/mol. The van der Waals surface area contributed by atoms with E-state index in [9.17, 15) is 0 Å². The molecule has 0 N–H and O–H groups in total. The van der Waals surface area contributed by atoms with Crippen LogP contribution in [0.25, 0.3) is 137 Å². The third kappa shape index (κ3) is 25.4. The lowest BCUT2D eigenvalue weighted by Gasteiger charge is -2.15. The normalized spacial score (nSPS) is 9.77. The molecule has 18 aromatic rings. The molecule has 0 amide bonds. The van der Waals surface area contributed by atoms with Gasteiger partial charge in [0, 0.05) is 87.9 Å². The smallest absolute Gasteiger partial charge is 0.307 e. The Morgan fingerprint density at radius 1 is 0.307 bits per heavy atom. The van der Waals surface area contributed by atoms with Crippen LogP contribution in [0.15, 0.2) is 206 Å². The first-order valence-electron chi connectivity index (χ1n) is 47.4. The molecule has 0 spiro atoms. The van der Waals surface area contributed by atoms with Crippen molar-refractivity contribution in [2.24, 2.45) is 70.5 Å². The van der Waals surface area contributed by atoms with Crippen LogP contribution in [-0.2, 0) is 70.5 Å². The molecule has 0 atom stereocenters. The van der Waals surface area contributed by atoms with E-state index in [0.717, 1.165) is 28.2 Å². The van der Waals surface area contributed by atoms with Crippen LogP contribution in [0.5, 0.6) is 0 Å². The van der Waals surface area contributed by atoms with E-state index in [2.05, 4.69) is 337 Å². The number of thiophene rings is 1. The van der Waals surface area contributed by atoms with Gasteiger partial charge in [-0.05, 0) is 156 Å². The average molecular weight is 1740 g/mol. The molecule has 0 bridgehead atoms. The molecule has 8 aromatic carbocycles. The van der Waals surface area contributed by atoms with Crippen LogP contribution < -0.4 is 22.8 Å². The van der Waals surface area contributed by atoms with Gasteiger partial charge in [-0.15, -0.1) is 11.3 Å². The van der Waals surface area contributed by atoms with Gasteiger partial charge in [-0.3, -0.25) is 0 Å². The Hall–Kier alpha value is -11.3. The summed E-state index contributed by atoms with van der Waals surface area (Å²) in [4.78, 5) is 8.27. The molecule has 10 aromatic heterocycles. The van der Waals surface area contributed by atoms with Crippen molar-refractivity contribution in [1.82, 2.24) is 37.2 Å². The number of hydrogen-bond donors (Lipinski definition) is 0. The number of imidazole rings is 5. The van der Waals surface area contributed by atoms with E-state index < -0.39 is 0 Å². The van der Waals surface area contributed by atoms with Crippen LogP contribution in [0.3, 0.4) is 0 Å². The van der Waals surface area contributed by atoms with Gasteiger partial charge < -0.3 is 8.98 Å². The Labute approximate surface area is 772 Å². The van der Waals surface area contributed by atoms with E-state index in [1.807, 2.05) is 243 Å². The van der Waals surface area contributed by atoms with Gasteiger partial charge in [-0.25, -0.2) is 51.1 Å². The molecule has 0 unspecified atom stereocenters. The number of furan rings is 1. The molecule has 688 valence electrons. The molecule has 127 heavy (non-hydrogen) atoms. The fraction of sp³-hybridized carbons (Fsp3) is 0.402. The number of rotatable bonds is 4. The van der Waals surface area contributed by atoms with Crippen molar-refractivity contribution in [3.63, 3.8) is 0 Å². The molecule has 0 aliphatic heterocycles. The van der Waals surface area contributed by atoms with Gasteiger partial charge >= 0.3 is 5.82 Å². The largest absolute Gasteiger partial charge is 0.456 e. The van der Waals surface area contributed by atoms with Gasteiger partial charge in [0.05, 0.1) is 85.5 Å². The van der Waals surface area contributed by atoms with Crippen LogP contribution in [0.2, 0.25) is 0 Å². The summed E-state index contributed by atoms with van der Waals surface area (Å²) in [5.74, 6) is 4.75. The number of aryl methyl sites for hydroxylation is 17. The second-order valence-corrected chi connectivity index (χ2v) is 28.6. The topological polar surface area (TPSA) is 87.4 Å². The van der Waals surface area contributed by atoms with Crippen LogP contribution in [0.4, 0.5) is 0 Å². The first-order valence-corrected chi connectivity index (χ1v) is 48.2. The number of fused-ring (bicyclic) bond motifs is 15. The van der Waals surface area contributed by atoms with Crippen molar-refractivity contribution < 1.29 is 27.3 Å². The van der Waals surface area contributed by atoms with Crippen LogP contribution >= 0.6 is 11.3 Å². The quantitative estimate of drug-likeness (QED) is 0.130. The molecule has 0 aliphatic carbocycles. The summed E-state index contributed by atoms with van der Waals surface area (Å²) < 4.78 is 32.7. The van der Waals surface area contributed by atoms with E-state index >= 15 is 0 Å². The van der Waals surface area contributed by atoms with Crippen LogP contribution in [-0.4, -0.2) is 37.2 Å². The SMILES string of the molecule is CC.CC.CC.CC.CC.CC.CC.CC.CC.CC.CC.CC.CC.Cc1c(C)c(C)c2c(c1C)c1cccc(C)c1c1n2cc[n+]1C.Cc1cc2c(cc1-c1n(C)cc[n+]1C)c1ccccc1n2C.Cc1cc2oc3ccccc3c2cc1-c1n(C)cc[n+]1C.Cc1cc2sc3ccccc3c2cc1-c1n(C)cc[n+]1C.Cc1cncnc1-c1n(C)cc[n+]1C. The summed E-state index contributed by atoms with van der Waals surface area (Å²) in [5.41, 5.74) is 23.8. The van der Waals surface area contributed by atoms with Crippen molar-refractivity contribution in [1.29, 1.82) is 0 Å². The Morgan fingerprint density at radius 3 is 1.20 bits per heavy atom. The lowest BCUT2D eigenvalue weighted by atomic mass is 9.91. The van der Waals surface area contributed by atoms with Gasteiger partial charge in [0.15, 0.2) is 5.69 Å². The number of hydrogen-bond acceptors (Lipinski definition) is 4. The van der Waals surface area contributed by atoms with Crippen molar-refractivity contribution in [2.75, 3.05) is 0 Å². The number of para-hydroxylation sites is 2. The maximum absolute atomic E-state index is 5.95. The van der Waals surface area contributed by atoms with Gasteiger partial charge in [-0.1, -0.05) is 253 Å². The minimum atomic E-state index is 0.945. The second kappa shape index (κ2) is 57.4. The molecule has 18 rings (SSSR count). The van der Waals surface area contributed by atoms with Gasteiger partial charge in [-0.2, -0.15) is 4.40 Å². The molecular formula is C112H168N13OS+5. The second-order valence-electron chi connectivity index (χ2n) is 27.5. The average Bonchev–Trinajstić information content (AvgIpc) is 1.70. The highest BCUT2D eigenvalue weighted by Gasteiger charge is 2.26. The lowest BCUT2D eigenvalue weighted by molar-refractivity contribution is -0.659. The van der Waals surface area contributed by atoms with Crippen LogP contribution in [0.1, 0.15) is 230 Å². The summed E-state index contributed by atoms with van der Waals surface area (Å²) in [7, 11) is 20.9. The fourth-order valence-electron chi connectivity index (χ4n) is 15.3. The summed E-state index contributed by atoms with van der Waals surface area (Å²) in [6, 6.07) is 45.8. The van der Waals surface area contributed by atoms with E-state index in [-0.39, 0.29) is 0 Å². The van der Waals surface area contributed by atoms with Gasteiger partial charge in [0.2, 0.25) is 0 Å². The molecule has 0 radical (unpaired) electrons. The number of nitrogens with zero attached hydrogens (tertiary/aromatic N) is 13. The summed E-state index contributed by atoms with van der Waals surface area (Å²) in [5, 5.41) is 11.8. The van der Waals surface area contributed by atoms with E-state index in [1.165, 1.54) is 159 Å². The van der Waals surface area contributed by atoms with Gasteiger partial charge in [0.25, 0.3) is 23.1 Å². The molecule has 0 fully saturated rings. The minimum Gasteiger partial charge on any atom is -0.456 e. The van der Waals surface area contributed by atoms with E-state index in [0.29, 0.717) is 0 Å². The lowest BCUT2D eigenvalue weighted by Crippen LogP contribution is -2.29. The zero-order valence-electron chi connectivity index (χ0n) is 87.7. The Balaban J connectivity index is 0.000000748. The van der Waals surface area contributed by atoms with Crippen molar-refractivity contribution in [3.05, 3.63) is 252 Å². The maximum Gasteiger partial charge on any atom is 0.307 e. The maximum atomic E-state index is 5.95. The molecule has 10 heterocycles. The highest BCUT2D eigenvalue weighted by atomic mass is 32.1. The predicted octanol–water partition coefficient (Wildman–Crippen LogP) is 30.0. The molecular weight excluding hydrogens is 1580 g/mol. The van der Waals surface area contributed by atoms with E-state index in [4.69, 9.17) is 4.42 Å². The molecule has 15 heteroatoms. The monoisotopic (exact) mass is 1740 g/mol. The third-order valence-electron chi connectivity index (χ3n) is 20.9. The van der Waals surface area contributed by atoms with E-state index in [1.54, 1.807) is 6.33 Å². The summed E-state index contributed by atoms with van der Waals surface area (Å²) in [6.45, 7) is 71.8. The number of pyridine rings is 1. The third-order valence-corrected chi connectivity index (χ3v) is 22.1. The highest BCUT2D eigenvalue weighted by molar-refractivity contribution is 7.25. The Bertz CT molecular complexity index is 6050. The molecule has 14 nitrogen and oxygen atoms in total. The van der Waals surface area contributed by atoms with Gasteiger partial charge in [0.1, 0.15) is 85.0 Å².